The summed E-state index contributed by atoms with van der Waals surface area (Å²) in [5.41, 5.74) is 2.71. The molecule has 0 radical (unpaired) electrons. The maximum atomic E-state index is 11.8. The quantitative estimate of drug-likeness (QED) is 0.379. The van der Waals surface area contributed by atoms with Crippen molar-refractivity contribution < 1.29 is 14.3 Å². The number of rotatable bonds is 9. The molecule has 1 unspecified atom stereocenters. The Hall–Kier alpha value is -2.40. The number of carbonyl (C=O) groups is 2. The molecule has 0 bridgehead atoms. The van der Waals surface area contributed by atoms with E-state index in [-0.39, 0.29) is 11.9 Å². The summed E-state index contributed by atoms with van der Waals surface area (Å²) in [6.45, 7) is 3.63. The number of hydrogen-bond acceptors (Lipinski definition) is 4. The van der Waals surface area contributed by atoms with Crippen LogP contribution in [0, 0.1) is 0 Å². The topological polar surface area (TPSA) is 55.4 Å². The van der Waals surface area contributed by atoms with Gasteiger partial charge in [-0.15, -0.1) is 11.3 Å². The Balaban J connectivity index is 1.67. The molecular weight excluding hydrogens is 382 g/mol. The number of fused-ring (bicyclic) bond motifs is 3. The summed E-state index contributed by atoms with van der Waals surface area (Å²) in [6, 6.07) is 13.0. The summed E-state index contributed by atoms with van der Waals surface area (Å²) >= 11 is 1.85. The van der Waals surface area contributed by atoms with Crippen molar-refractivity contribution in [1.29, 1.82) is 0 Å². The van der Waals surface area contributed by atoms with Crippen LogP contribution in [-0.2, 0) is 27.2 Å². The fraction of sp³-hybridized carbons (Fsp3) is 0.417. The summed E-state index contributed by atoms with van der Waals surface area (Å²) in [5.74, 6) is -0.591. The number of benzene rings is 2. The Morgan fingerprint density at radius 1 is 1.00 bits per heavy atom. The van der Waals surface area contributed by atoms with E-state index in [0.717, 1.165) is 32.1 Å². The van der Waals surface area contributed by atoms with Crippen LogP contribution in [0.2, 0.25) is 0 Å². The van der Waals surface area contributed by atoms with E-state index in [4.69, 9.17) is 4.74 Å². The van der Waals surface area contributed by atoms with Gasteiger partial charge in [0.2, 0.25) is 5.91 Å². The average Bonchev–Trinajstić information content (AvgIpc) is 3.07. The number of esters is 1. The molecule has 0 spiro atoms. The van der Waals surface area contributed by atoms with Crippen LogP contribution in [0.25, 0.3) is 20.2 Å². The minimum atomic E-state index is -0.558. The molecule has 3 rings (SSSR count). The van der Waals surface area contributed by atoms with Crippen LogP contribution in [0.3, 0.4) is 0 Å². The highest BCUT2D eigenvalue weighted by Crippen LogP contribution is 2.35. The lowest BCUT2D eigenvalue weighted by Crippen LogP contribution is -2.40. The molecule has 2 aromatic carbocycles. The normalized spacial score (nSPS) is 12.2. The van der Waals surface area contributed by atoms with Crippen LogP contribution in [-0.4, -0.2) is 25.0 Å². The Labute approximate surface area is 176 Å². The van der Waals surface area contributed by atoms with Crippen molar-refractivity contribution in [3.05, 3.63) is 47.5 Å². The third kappa shape index (κ3) is 5.36. The lowest BCUT2D eigenvalue weighted by molar-refractivity contribution is -0.145. The van der Waals surface area contributed by atoms with Gasteiger partial charge in [0.05, 0.1) is 7.11 Å². The van der Waals surface area contributed by atoms with Crippen LogP contribution in [0.1, 0.15) is 50.7 Å². The van der Waals surface area contributed by atoms with Crippen molar-refractivity contribution in [2.24, 2.45) is 0 Å². The fourth-order valence-corrected chi connectivity index (χ4v) is 4.85. The van der Waals surface area contributed by atoms with Crippen LogP contribution in [0.15, 0.2) is 36.4 Å². The first-order chi connectivity index (χ1) is 14.0. The predicted molar refractivity (Wildman–Crippen MR) is 121 cm³/mol. The van der Waals surface area contributed by atoms with Crippen molar-refractivity contribution in [1.82, 2.24) is 5.32 Å². The number of aryl methyl sites for hydroxylation is 2. The van der Waals surface area contributed by atoms with E-state index in [1.54, 1.807) is 0 Å². The summed E-state index contributed by atoms with van der Waals surface area (Å²) in [6.07, 6.45) is 5.63. The minimum absolute atomic E-state index is 0.211. The largest absolute Gasteiger partial charge is 0.467 e. The van der Waals surface area contributed by atoms with Gasteiger partial charge >= 0.3 is 5.97 Å². The first-order valence-electron chi connectivity index (χ1n) is 10.3. The molecule has 29 heavy (non-hydrogen) atoms. The van der Waals surface area contributed by atoms with Gasteiger partial charge in [0, 0.05) is 27.1 Å². The van der Waals surface area contributed by atoms with Crippen molar-refractivity contribution in [3.63, 3.8) is 0 Å². The molecule has 1 heterocycles. The molecule has 0 saturated carbocycles. The number of methoxy groups -OCH3 is 1. The minimum Gasteiger partial charge on any atom is -0.467 e. The van der Waals surface area contributed by atoms with Gasteiger partial charge in [-0.25, -0.2) is 4.79 Å². The zero-order valence-corrected chi connectivity index (χ0v) is 18.2. The molecule has 0 saturated heterocycles. The van der Waals surface area contributed by atoms with Crippen LogP contribution < -0.4 is 5.32 Å². The molecule has 1 atom stereocenters. The van der Waals surface area contributed by atoms with Crippen molar-refractivity contribution in [3.8, 4) is 0 Å². The molecule has 3 aromatic rings. The predicted octanol–water partition coefficient (Wildman–Crippen LogP) is 5.40. The Kier molecular flexibility index (Phi) is 7.26. The number of ether oxygens (including phenoxy) is 1. The van der Waals surface area contributed by atoms with Gasteiger partial charge < -0.3 is 10.1 Å². The van der Waals surface area contributed by atoms with E-state index >= 15 is 0 Å². The van der Waals surface area contributed by atoms with Gasteiger partial charge in [-0.05, 0) is 61.1 Å². The van der Waals surface area contributed by atoms with Gasteiger partial charge in [0.25, 0.3) is 0 Å². The van der Waals surface area contributed by atoms with Crippen molar-refractivity contribution in [2.45, 2.75) is 58.4 Å². The standard InChI is InChI=1S/C24H29NO3S/c1-4-7-17-10-12-22-19(14-17)20-15-18(11-13-23(20)29-22)8-5-6-9-21(24(27)28-3)25-16(2)26/h10-15,21H,4-9H2,1-3H3,(H,25,26). The summed E-state index contributed by atoms with van der Waals surface area (Å²) < 4.78 is 7.45. The lowest BCUT2D eigenvalue weighted by atomic mass is 10.0. The van der Waals surface area contributed by atoms with E-state index in [2.05, 4.69) is 48.6 Å². The molecule has 5 heteroatoms. The number of carbonyl (C=O) groups excluding carboxylic acids is 2. The van der Waals surface area contributed by atoms with E-state index in [1.807, 2.05) is 11.3 Å². The SMILES string of the molecule is CCCc1ccc2sc3ccc(CCCCC(NC(C)=O)C(=O)OC)cc3c2c1. The molecule has 0 aliphatic carbocycles. The number of hydrogen-bond donors (Lipinski definition) is 1. The van der Waals surface area contributed by atoms with Crippen LogP contribution in [0.5, 0.6) is 0 Å². The number of nitrogens with one attached hydrogen (secondary N) is 1. The van der Waals surface area contributed by atoms with E-state index in [9.17, 15) is 9.59 Å². The number of thiophene rings is 1. The van der Waals surface area contributed by atoms with Gasteiger partial charge in [0.15, 0.2) is 0 Å². The van der Waals surface area contributed by atoms with E-state index in [0.29, 0.717) is 6.42 Å². The third-order valence-electron chi connectivity index (χ3n) is 5.21. The summed E-state index contributed by atoms with van der Waals surface area (Å²) in [4.78, 5) is 23.1. The average molecular weight is 412 g/mol. The van der Waals surface area contributed by atoms with Gasteiger partial charge in [-0.2, -0.15) is 0 Å². The van der Waals surface area contributed by atoms with E-state index in [1.165, 1.54) is 45.3 Å². The highest BCUT2D eigenvalue weighted by Gasteiger charge is 2.19. The molecule has 1 N–H and O–H groups in total. The summed E-state index contributed by atoms with van der Waals surface area (Å²) in [7, 11) is 1.35. The second-order valence-electron chi connectivity index (χ2n) is 7.54. The van der Waals surface area contributed by atoms with Gasteiger partial charge in [-0.3, -0.25) is 4.79 Å². The lowest BCUT2D eigenvalue weighted by Gasteiger charge is -2.15. The Bertz CT molecular complexity index is 1010. The maximum absolute atomic E-state index is 11.8. The molecular formula is C24H29NO3S. The zero-order valence-electron chi connectivity index (χ0n) is 17.4. The smallest absolute Gasteiger partial charge is 0.328 e. The van der Waals surface area contributed by atoms with Gasteiger partial charge in [-0.1, -0.05) is 31.9 Å². The molecule has 1 aromatic heterocycles. The molecule has 1 amide bonds. The van der Waals surface area contributed by atoms with Crippen molar-refractivity contribution in [2.75, 3.05) is 7.11 Å². The first-order valence-corrected chi connectivity index (χ1v) is 11.1. The molecule has 0 aliphatic rings. The monoisotopic (exact) mass is 411 g/mol. The second kappa shape index (κ2) is 9.88. The zero-order chi connectivity index (χ0) is 20.8. The van der Waals surface area contributed by atoms with Crippen LogP contribution in [0.4, 0.5) is 0 Å². The van der Waals surface area contributed by atoms with Crippen LogP contribution >= 0.6 is 11.3 Å². The Morgan fingerprint density at radius 2 is 1.62 bits per heavy atom. The van der Waals surface area contributed by atoms with E-state index < -0.39 is 6.04 Å². The van der Waals surface area contributed by atoms with Gasteiger partial charge in [0.1, 0.15) is 6.04 Å². The molecule has 4 nitrogen and oxygen atoms in total. The highest BCUT2D eigenvalue weighted by atomic mass is 32.1. The second-order valence-corrected chi connectivity index (χ2v) is 8.62. The molecule has 0 aliphatic heterocycles. The number of amides is 1. The first kappa shape index (κ1) is 21.3. The Morgan fingerprint density at radius 3 is 2.17 bits per heavy atom. The fourth-order valence-electron chi connectivity index (χ4n) is 3.79. The highest BCUT2D eigenvalue weighted by molar-refractivity contribution is 7.25. The third-order valence-corrected chi connectivity index (χ3v) is 6.36. The number of unbranched alkanes of at least 4 members (excludes halogenated alkanes) is 1. The molecule has 0 fully saturated rings. The summed E-state index contributed by atoms with van der Waals surface area (Å²) in [5, 5.41) is 5.37. The molecule has 154 valence electrons. The van der Waals surface area contributed by atoms with Crippen molar-refractivity contribution >= 4 is 43.4 Å². The maximum Gasteiger partial charge on any atom is 0.328 e.